The van der Waals surface area contributed by atoms with Gasteiger partial charge in [-0.1, -0.05) is 35.4 Å². The minimum atomic E-state index is -4.14. The van der Waals surface area contributed by atoms with E-state index in [2.05, 4.69) is 11.4 Å². The molecule has 0 radical (unpaired) electrons. The summed E-state index contributed by atoms with van der Waals surface area (Å²) in [6.07, 6.45) is 0. The molecule has 5 aromatic rings. The molecule has 0 bridgehead atoms. The number of anilines is 2. The minimum absolute atomic E-state index is 0.0447. The van der Waals surface area contributed by atoms with Crippen molar-refractivity contribution in [2.45, 2.75) is 18.7 Å². The molecule has 0 aliphatic carbocycles. The SMILES string of the molecule is COc1ccc(Cl)cc1N(CC(=O)Nc1ccc(-c2nc3ccc(C)cc3s2)cc1)S(=O)(=O)c1ccc(C)cc1. The molecular weight excluding hydrogens is 566 g/mol. The zero-order chi connectivity index (χ0) is 28.4. The van der Waals surface area contributed by atoms with Crippen LogP contribution in [0.5, 0.6) is 5.75 Å². The summed E-state index contributed by atoms with van der Waals surface area (Å²) in [5, 5.41) is 3.99. The van der Waals surface area contributed by atoms with Crippen LogP contribution in [0.3, 0.4) is 0 Å². The van der Waals surface area contributed by atoms with Gasteiger partial charge in [-0.25, -0.2) is 13.4 Å². The van der Waals surface area contributed by atoms with Crippen molar-refractivity contribution in [3.05, 3.63) is 101 Å². The third-order valence-corrected chi connectivity index (χ3v) is 9.34. The maximum absolute atomic E-state index is 13.7. The molecule has 1 heterocycles. The Kier molecular flexibility index (Phi) is 7.80. The number of rotatable bonds is 8. The smallest absolute Gasteiger partial charge is 0.264 e. The van der Waals surface area contributed by atoms with Crippen molar-refractivity contribution in [2.24, 2.45) is 0 Å². The van der Waals surface area contributed by atoms with Crippen molar-refractivity contribution in [3.8, 4) is 16.3 Å². The molecule has 0 atom stereocenters. The predicted octanol–water partition coefficient (Wildman–Crippen LogP) is 7.08. The van der Waals surface area contributed by atoms with Crippen LogP contribution in [0.15, 0.2) is 89.8 Å². The Morgan fingerprint density at radius 2 is 1.65 bits per heavy atom. The highest BCUT2D eigenvalue weighted by Crippen LogP contribution is 2.35. The largest absolute Gasteiger partial charge is 0.495 e. The Hall–Kier alpha value is -3.92. The molecular formula is C30H26ClN3O4S2. The lowest BCUT2D eigenvalue weighted by Crippen LogP contribution is -2.38. The second-order valence-corrected chi connectivity index (χ2v) is 12.6. The van der Waals surface area contributed by atoms with Crippen LogP contribution >= 0.6 is 22.9 Å². The number of hydrogen-bond donors (Lipinski definition) is 1. The summed E-state index contributed by atoms with van der Waals surface area (Å²) in [5.41, 5.74) is 4.63. The molecule has 40 heavy (non-hydrogen) atoms. The Labute approximate surface area is 242 Å². The number of aromatic nitrogens is 1. The molecule has 0 aliphatic rings. The number of amides is 1. The van der Waals surface area contributed by atoms with Gasteiger partial charge in [-0.3, -0.25) is 9.10 Å². The van der Waals surface area contributed by atoms with Gasteiger partial charge in [0.1, 0.15) is 17.3 Å². The molecule has 0 saturated carbocycles. The second kappa shape index (κ2) is 11.3. The highest BCUT2D eigenvalue weighted by molar-refractivity contribution is 7.92. The number of carbonyl (C=O) groups excluding carboxylic acids is 1. The maximum Gasteiger partial charge on any atom is 0.264 e. The third-order valence-electron chi connectivity index (χ3n) is 6.27. The summed E-state index contributed by atoms with van der Waals surface area (Å²) in [7, 11) is -2.71. The van der Waals surface area contributed by atoms with E-state index in [4.69, 9.17) is 21.3 Å². The van der Waals surface area contributed by atoms with E-state index in [1.54, 1.807) is 47.7 Å². The lowest BCUT2D eigenvalue weighted by Gasteiger charge is -2.26. The van der Waals surface area contributed by atoms with Crippen molar-refractivity contribution in [1.82, 2.24) is 4.98 Å². The van der Waals surface area contributed by atoms with Gasteiger partial charge in [-0.05, 0) is 86.1 Å². The van der Waals surface area contributed by atoms with Gasteiger partial charge in [-0.15, -0.1) is 11.3 Å². The highest BCUT2D eigenvalue weighted by atomic mass is 35.5. The second-order valence-electron chi connectivity index (χ2n) is 9.26. The summed E-state index contributed by atoms with van der Waals surface area (Å²) < 4.78 is 35.0. The van der Waals surface area contributed by atoms with Crippen LogP contribution in [0.4, 0.5) is 11.4 Å². The number of fused-ring (bicyclic) bond motifs is 1. The maximum atomic E-state index is 13.7. The van der Waals surface area contributed by atoms with Crippen LogP contribution in [-0.2, 0) is 14.8 Å². The average Bonchev–Trinajstić information content (AvgIpc) is 3.35. The average molecular weight is 592 g/mol. The molecule has 5 rings (SSSR count). The van der Waals surface area contributed by atoms with Gasteiger partial charge in [0, 0.05) is 16.3 Å². The summed E-state index contributed by atoms with van der Waals surface area (Å²) in [4.78, 5) is 18.0. The Balaban J connectivity index is 1.41. The topological polar surface area (TPSA) is 88.6 Å². The minimum Gasteiger partial charge on any atom is -0.495 e. The number of hydrogen-bond acceptors (Lipinski definition) is 6. The fourth-order valence-corrected chi connectivity index (χ4v) is 6.84. The standard InChI is InChI=1S/C30H26ClN3O4S2/c1-19-4-12-24(13-5-19)40(36,37)34(26-17-22(31)9-15-27(26)38-3)18-29(35)32-23-10-7-21(8-11-23)30-33-25-14-6-20(2)16-28(25)39-30/h4-17H,18H2,1-3H3,(H,32,35). The number of carbonyl (C=O) groups is 1. The van der Waals surface area contributed by atoms with Crippen LogP contribution in [0.2, 0.25) is 5.02 Å². The van der Waals surface area contributed by atoms with E-state index in [9.17, 15) is 13.2 Å². The van der Waals surface area contributed by atoms with Gasteiger partial charge in [0.2, 0.25) is 5.91 Å². The number of aryl methyl sites for hydroxylation is 2. The summed E-state index contributed by atoms with van der Waals surface area (Å²) in [5.74, 6) is -0.260. The van der Waals surface area contributed by atoms with Crippen LogP contribution < -0.4 is 14.4 Å². The number of thiazole rings is 1. The molecule has 0 unspecified atom stereocenters. The molecule has 1 N–H and O–H groups in total. The quantitative estimate of drug-likeness (QED) is 0.208. The molecule has 1 amide bonds. The van der Waals surface area contributed by atoms with Crippen molar-refractivity contribution < 1.29 is 17.9 Å². The summed E-state index contributed by atoms with van der Waals surface area (Å²) in [6, 6.07) is 24.5. The zero-order valence-electron chi connectivity index (χ0n) is 22.0. The van der Waals surface area contributed by atoms with Crippen LogP contribution in [0, 0.1) is 13.8 Å². The summed E-state index contributed by atoms with van der Waals surface area (Å²) in [6.45, 7) is 3.42. The molecule has 0 spiro atoms. The van der Waals surface area contributed by atoms with E-state index >= 15 is 0 Å². The van der Waals surface area contributed by atoms with Gasteiger partial charge in [0.05, 0.1) is 27.9 Å². The van der Waals surface area contributed by atoms with Crippen LogP contribution in [-0.4, -0.2) is 33.0 Å². The third kappa shape index (κ3) is 5.82. The molecule has 0 aliphatic heterocycles. The van der Waals surface area contributed by atoms with Crippen molar-refractivity contribution in [1.29, 1.82) is 0 Å². The first-order valence-corrected chi connectivity index (χ1v) is 15.0. The van der Waals surface area contributed by atoms with Gasteiger partial charge in [-0.2, -0.15) is 0 Å². The number of halogens is 1. The molecule has 0 saturated heterocycles. The number of benzene rings is 4. The molecule has 204 valence electrons. The van der Waals surface area contributed by atoms with E-state index in [0.29, 0.717) is 10.7 Å². The van der Waals surface area contributed by atoms with E-state index < -0.39 is 22.5 Å². The summed E-state index contributed by atoms with van der Waals surface area (Å²) >= 11 is 7.82. The first kappa shape index (κ1) is 27.6. The van der Waals surface area contributed by atoms with Gasteiger partial charge >= 0.3 is 0 Å². The van der Waals surface area contributed by atoms with E-state index in [1.165, 1.54) is 30.9 Å². The monoisotopic (exact) mass is 591 g/mol. The van der Waals surface area contributed by atoms with Crippen molar-refractivity contribution in [3.63, 3.8) is 0 Å². The number of nitrogens with zero attached hydrogens (tertiary/aromatic N) is 2. The van der Waals surface area contributed by atoms with Gasteiger partial charge in [0.15, 0.2) is 0 Å². The number of methoxy groups -OCH3 is 1. The molecule has 4 aromatic carbocycles. The molecule has 7 nitrogen and oxygen atoms in total. The zero-order valence-corrected chi connectivity index (χ0v) is 24.4. The van der Waals surface area contributed by atoms with E-state index in [0.717, 1.165) is 30.7 Å². The van der Waals surface area contributed by atoms with E-state index in [-0.39, 0.29) is 16.3 Å². The van der Waals surface area contributed by atoms with Crippen LogP contribution in [0.1, 0.15) is 11.1 Å². The molecule has 0 fully saturated rings. The van der Waals surface area contributed by atoms with Crippen LogP contribution in [0.25, 0.3) is 20.8 Å². The number of sulfonamides is 1. The van der Waals surface area contributed by atoms with Crippen molar-refractivity contribution in [2.75, 3.05) is 23.3 Å². The van der Waals surface area contributed by atoms with Crippen molar-refractivity contribution >= 4 is 60.5 Å². The molecule has 10 heteroatoms. The number of ether oxygens (including phenoxy) is 1. The molecule has 1 aromatic heterocycles. The Morgan fingerprint density at radius 1 is 0.950 bits per heavy atom. The number of nitrogens with one attached hydrogen (secondary N) is 1. The lowest BCUT2D eigenvalue weighted by atomic mass is 10.2. The fourth-order valence-electron chi connectivity index (χ4n) is 4.18. The normalized spacial score (nSPS) is 11.4. The first-order valence-electron chi connectivity index (χ1n) is 12.3. The lowest BCUT2D eigenvalue weighted by molar-refractivity contribution is -0.114. The highest BCUT2D eigenvalue weighted by Gasteiger charge is 2.30. The van der Waals surface area contributed by atoms with Gasteiger partial charge in [0.25, 0.3) is 10.0 Å². The van der Waals surface area contributed by atoms with Gasteiger partial charge < -0.3 is 10.1 Å². The fraction of sp³-hybridized carbons (Fsp3) is 0.133. The Bertz CT molecular complexity index is 1800. The predicted molar refractivity (Wildman–Crippen MR) is 162 cm³/mol. The first-order chi connectivity index (χ1) is 19.1. The Morgan fingerprint density at radius 3 is 2.35 bits per heavy atom. The van der Waals surface area contributed by atoms with E-state index in [1.807, 2.05) is 38.1 Å².